The molecule has 0 atom stereocenters. The molecule has 1 aliphatic carbocycles. The Labute approximate surface area is 93.2 Å². The van der Waals surface area contributed by atoms with Gasteiger partial charge in [0.2, 0.25) is 0 Å². The van der Waals surface area contributed by atoms with E-state index in [0.29, 0.717) is 0 Å². The van der Waals surface area contributed by atoms with Gasteiger partial charge in [0.25, 0.3) is 0 Å². The van der Waals surface area contributed by atoms with Gasteiger partial charge in [0.05, 0.1) is 6.10 Å². The molecule has 2 N–H and O–H groups in total. The van der Waals surface area contributed by atoms with Gasteiger partial charge in [-0.25, -0.2) is 0 Å². The van der Waals surface area contributed by atoms with Gasteiger partial charge >= 0.3 is 18.1 Å². The summed E-state index contributed by atoms with van der Waals surface area (Å²) in [6, 6.07) is 0. The quantitative estimate of drug-likeness (QED) is 0.750. The third kappa shape index (κ3) is 2.10. The molecule has 100 valence electrons. The first-order valence-corrected chi connectivity index (χ1v) is 4.90. The van der Waals surface area contributed by atoms with Crippen molar-refractivity contribution in [3.63, 3.8) is 0 Å². The van der Waals surface area contributed by atoms with Gasteiger partial charge in [0.1, 0.15) is 5.41 Å². The maximum Gasteiger partial charge on any atom is 0.454 e. The molecule has 0 bridgehead atoms. The zero-order valence-electron chi connectivity index (χ0n) is 8.60. The normalized spacial score (nSPS) is 31.3. The molecule has 0 unspecified atom stereocenters. The predicted molar refractivity (Wildman–Crippen MR) is 45.5 cm³/mol. The van der Waals surface area contributed by atoms with Crippen LogP contribution in [-0.2, 0) is 4.79 Å². The Bertz CT molecular complexity index is 304. The van der Waals surface area contributed by atoms with Crippen LogP contribution < -0.4 is 0 Å². The van der Waals surface area contributed by atoms with Crippen molar-refractivity contribution >= 4 is 5.97 Å². The van der Waals surface area contributed by atoms with Crippen LogP contribution >= 0.6 is 0 Å². The number of alkyl halides is 5. The SMILES string of the molecule is O=C(O)C1(C(F)(F)C(F)(F)F)CCC(O)CC1. The number of hydrogen-bond acceptors (Lipinski definition) is 2. The van der Waals surface area contributed by atoms with E-state index in [9.17, 15) is 26.7 Å². The Hall–Kier alpha value is -0.920. The summed E-state index contributed by atoms with van der Waals surface area (Å²) in [6.07, 6.45) is -9.47. The molecule has 0 aromatic carbocycles. The topological polar surface area (TPSA) is 57.5 Å². The summed E-state index contributed by atoms with van der Waals surface area (Å²) >= 11 is 0. The fourth-order valence-corrected chi connectivity index (χ4v) is 2.03. The van der Waals surface area contributed by atoms with Crippen LogP contribution in [0.15, 0.2) is 0 Å². The van der Waals surface area contributed by atoms with Crippen molar-refractivity contribution in [2.45, 2.75) is 43.9 Å². The largest absolute Gasteiger partial charge is 0.481 e. The van der Waals surface area contributed by atoms with E-state index in [4.69, 9.17) is 10.2 Å². The molecular formula is C9H11F5O3. The maximum atomic E-state index is 13.3. The number of carboxylic acids is 1. The van der Waals surface area contributed by atoms with Crippen LogP contribution in [0.25, 0.3) is 0 Å². The highest BCUT2D eigenvalue weighted by molar-refractivity contribution is 5.76. The molecule has 1 aliphatic rings. The third-order valence-corrected chi connectivity index (χ3v) is 3.18. The first-order chi connectivity index (χ1) is 7.54. The van der Waals surface area contributed by atoms with Gasteiger partial charge < -0.3 is 10.2 Å². The average molecular weight is 262 g/mol. The molecular weight excluding hydrogens is 251 g/mol. The lowest BCUT2D eigenvalue weighted by molar-refractivity contribution is -0.328. The Morgan fingerprint density at radius 2 is 1.53 bits per heavy atom. The summed E-state index contributed by atoms with van der Waals surface area (Å²) in [7, 11) is 0. The van der Waals surface area contributed by atoms with Crippen molar-refractivity contribution in [1.29, 1.82) is 0 Å². The van der Waals surface area contributed by atoms with Crippen molar-refractivity contribution < 1.29 is 37.0 Å². The summed E-state index contributed by atoms with van der Waals surface area (Å²) in [5.41, 5.74) is -3.16. The molecule has 1 fully saturated rings. The summed E-state index contributed by atoms with van der Waals surface area (Å²) in [4.78, 5) is 10.8. The van der Waals surface area contributed by atoms with E-state index in [-0.39, 0.29) is 12.8 Å². The second-order valence-electron chi connectivity index (χ2n) is 4.19. The highest BCUT2D eigenvalue weighted by atomic mass is 19.4. The van der Waals surface area contributed by atoms with E-state index in [1.54, 1.807) is 0 Å². The number of carboxylic acid groups (broad SMARTS) is 1. The van der Waals surface area contributed by atoms with Gasteiger partial charge in [0, 0.05) is 0 Å². The van der Waals surface area contributed by atoms with Gasteiger partial charge in [0.15, 0.2) is 0 Å². The van der Waals surface area contributed by atoms with Crippen LogP contribution in [0.3, 0.4) is 0 Å². The first kappa shape index (κ1) is 14.1. The number of aliphatic hydroxyl groups is 1. The molecule has 3 nitrogen and oxygen atoms in total. The number of hydrogen-bond donors (Lipinski definition) is 2. The third-order valence-electron chi connectivity index (χ3n) is 3.18. The van der Waals surface area contributed by atoms with E-state index < -0.39 is 42.4 Å². The minimum absolute atomic E-state index is 0.377. The minimum Gasteiger partial charge on any atom is -0.481 e. The van der Waals surface area contributed by atoms with Crippen LogP contribution in [0, 0.1) is 5.41 Å². The number of halogens is 5. The van der Waals surface area contributed by atoms with Crippen LogP contribution in [0.5, 0.6) is 0 Å². The second kappa shape index (κ2) is 4.08. The van der Waals surface area contributed by atoms with E-state index in [2.05, 4.69) is 0 Å². The molecule has 0 heterocycles. The average Bonchev–Trinajstić information content (AvgIpc) is 2.16. The number of aliphatic carboxylic acids is 1. The number of rotatable bonds is 2. The molecule has 17 heavy (non-hydrogen) atoms. The van der Waals surface area contributed by atoms with E-state index >= 15 is 0 Å². The number of carbonyl (C=O) groups is 1. The predicted octanol–water partition coefficient (Wildman–Crippen LogP) is 2.19. The van der Waals surface area contributed by atoms with Gasteiger partial charge in [-0.3, -0.25) is 4.79 Å². The summed E-state index contributed by atoms with van der Waals surface area (Å²) in [5.74, 6) is -7.47. The van der Waals surface area contributed by atoms with Gasteiger partial charge in [-0.15, -0.1) is 0 Å². The van der Waals surface area contributed by atoms with Crippen LogP contribution in [-0.4, -0.2) is 34.4 Å². The molecule has 1 saturated carbocycles. The molecule has 0 radical (unpaired) electrons. The Balaban J connectivity index is 3.14. The highest BCUT2D eigenvalue weighted by Crippen LogP contribution is 2.55. The zero-order chi connectivity index (χ0) is 13.5. The van der Waals surface area contributed by atoms with Crippen LogP contribution in [0.4, 0.5) is 22.0 Å². The lowest BCUT2D eigenvalue weighted by Gasteiger charge is -2.41. The fraction of sp³-hybridized carbons (Fsp3) is 0.889. The first-order valence-electron chi connectivity index (χ1n) is 4.90. The van der Waals surface area contributed by atoms with Gasteiger partial charge in [-0.2, -0.15) is 22.0 Å². The van der Waals surface area contributed by atoms with Crippen molar-refractivity contribution in [2.75, 3.05) is 0 Å². The van der Waals surface area contributed by atoms with Gasteiger partial charge in [-0.1, -0.05) is 0 Å². The van der Waals surface area contributed by atoms with Crippen molar-refractivity contribution in [3.8, 4) is 0 Å². The fourth-order valence-electron chi connectivity index (χ4n) is 2.03. The van der Waals surface area contributed by atoms with E-state index in [0.717, 1.165) is 0 Å². The Kier molecular flexibility index (Phi) is 3.39. The lowest BCUT2D eigenvalue weighted by atomic mass is 9.68. The van der Waals surface area contributed by atoms with Crippen molar-refractivity contribution in [3.05, 3.63) is 0 Å². The van der Waals surface area contributed by atoms with Crippen molar-refractivity contribution in [2.24, 2.45) is 5.41 Å². The van der Waals surface area contributed by atoms with E-state index in [1.165, 1.54) is 0 Å². The standard InChI is InChI=1S/C9H11F5O3/c10-8(11,9(12,13)14)7(6(16)17)3-1-5(15)2-4-7/h5,15H,1-4H2,(H,16,17). The molecule has 8 heteroatoms. The number of aliphatic hydroxyl groups excluding tert-OH is 1. The second-order valence-corrected chi connectivity index (χ2v) is 4.19. The Morgan fingerprint density at radius 1 is 1.12 bits per heavy atom. The van der Waals surface area contributed by atoms with Crippen LogP contribution in [0.2, 0.25) is 0 Å². The monoisotopic (exact) mass is 262 g/mol. The lowest BCUT2D eigenvalue weighted by Crippen LogP contribution is -2.57. The summed E-state index contributed by atoms with van der Waals surface area (Å²) in [6.45, 7) is 0. The molecule has 0 saturated heterocycles. The Morgan fingerprint density at radius 3 is 1.82 bits per heavy atom. The molecule has 1 rings (SSSR count). The zero-order valence-corrected chi connectivity index (χ0v) is 8.60. The van der Waals surface area contributed by atoms with Crippen LogP contribution in [0.1, 0.15) is 25.7 Å². The minimum atomic E-state index is -5.91. The molecule has 0 amide bonds. The smallest absolute Gasteiger partial charge is 0.454 e. The maximum absolute atomic E-state index is 13.3. The summed E-state index contributed by atoms with van der Waals surface area (Å²) in [5, 5.41) is 17.8. The highest BCUT2D eigenvalue weighted by Gasteiger charge is 2.73. The molecule has 0 spiro atoms. The molecule has 0 aliphatic heterocycles. The molecule has 0 aromatic heterocycles. The van der Waals surface area contributed by atoms with E-state index in [1.807, 2.05) is 0 Å². The molecule has 0 aromatic rings. The van der Waals surface area contributed by atoms with Crippen molar-refractivity contribution in [1.82, 2.24) is 0 Å². The summed E-state index contributed by atoms with van der Waals surface area (Å²) < 4.78 is 63.3. The van der Waals surface area contributed by atoms with Gasteiger partial charge in [-0.05, 0) is 25.7 Å².